The van der Waals surface area contributed by atoms with E-state index in [1.807, 2.05) is 13.8 Å². The second-order valence-corrected chi connectivity index (χ2v) is 4.52. The molecule has 1 aromatic carbocycles. The second-order valence-electron chi connectivity index (χ2n) is 4.52. The standard InChI is InChI=1S/C14H21F2NO/c1-4-17-14(5-10(2)18-3)8-11-6-12(15)9-13(16)7-11/h6-7,9-10,14,17H,4-5,8H2,1-3H3. The Balaban J connectivity index is 2.69. The van der Waals surface area contributed by atoms with Gasteiger partial charge in [0, 0.05) is 19.2 Å². The topological polar surface area (TPSA) is 21.3 Å². The summed E-state index contributed by atoms with van der Waals surface area (Å²) in [6.45, 7) is 4.81. The predicted molar refractivity (Wildman–Crippen MR) is 68.6 cm³/mol. The first-order valence-electron chi connectivity index (χ1n) is 6.26. The Hall–Kier alpha value is -1.00. The zero-order valence-corrected chi connectivity index (χ0v) is 11.2. The van der Waals surface area contributed by atoms with Gasteiger partial charge in [0.2, 0.25) is 0 Å². The number of nitrogens with one attached hydrogen (secondary N) is 1. The van der Waals surface area contributed by atoms with Gasteiger partial charge in [-0.15, -0.1) is 0 Å². The molecular weight excluding hydrogens is 236 g/mol. The van der Waals surface area contributed by atoms with Crippen molar-refractivity contribution in [3.63, 3.8) is 0 Å². The second kappa shape index (κ2) is 7.44. The van der Waals surface area contributed by atoms with Crippen LogP contribution in [0.15, 0.2) is 18.2 Å². The van der Waals surface area contributed by atoms with Crippen molar-refractivity contribution in [3.05, 3.63) is 35.4 Å². The average Bonchev–Trinajstić information content (AvgIpc) is 2.27. The van der Waals surface area contributed by atoms with Crippen LogP contribution in [0.2, 0.25) is 0 Å². The van der Waals surface area contributed by atoms with Crippen LogP contribution in [0, 0.1) is 11.6 Å². The largest absolute Gasteiger partial charge is 0.382 e. The van der Waals surface area contributed by atoms with Crippen molar-refractivity contribution in [1.29, 1.82) is 0 Å². The maximum absolute atomic E-state index is 13.1. The van der Waals surface area contributed by atoms with Gasteiger partial charge in [0.05, 0.1) is 6.10 Å². The molecule has 2 nitrogen and oxygen atoms in total. The smallest absolute Gasteiger partial charge is 0.126 e. The van der Waals surface area contributed by atoms with Crippen molar-refractivity contribution in [2.45, 2.75) is 38.8 Å². The number of rotatable bonds is 7. The van der Waals surface area contributed by atoms with Crippen LogP contribution in [-0.4, -0.2) is 25.8 Å². The first-order valence-corrected chi connectivity index (χ1v) is 6.26. The molecule has 1 N–H and O–H groups in total. The fourth-order valence-corrected chi connectivity index (χ4v) is 2.04. The molecule has 102 valence electrons. The third-order valence-corrected chi connectivity index (χ3v) is 2.92. The van der Waals surface area contributed by atoms with E-state index in [4.69, 9.17) is 4.74 Å². The summed E-state index contributed by atoms with van der Waals surface area (Å²) in [5, 5.41) is 3.31. The van der Waals surface area contributed by atoms with Gasteiger partial charge in [-0.2, -0.15) is 0 Å². The highest BCUT2D eigenvalue weighted by atomic mass is 19.1. The van der Waals surface area contributed by atoms with E-state index in [-0.39, 0.29) is 12.1 Å². The molecule has 0 saturated heterocycles. The molecule has 1 rings (SSSR count). The van der Waals surface area contributed by atoms with Gasteiger partial charge in [-0.25, -0.2) is 8.78 Å². The highest BCUT2D eigenvalue weighted by molar-refractivity contribution is 5.19. The first-order chi connectivity index (χ1) is 8.55. The van der Waals surface area contributed by atoms with Crippen LogP contribution >= 0.6 is 0 Å². The Bertz CT molecular complexity index is 351. The Kier molecular flexibility index (Phi) is 6.22. The first kappa shape index (κ1) is 15.1. The van der Waals surface area contributed by atoms with E-state index in [1.165, 1.54) is 12.1 Å². The Morgan fingerprint density at radius 3 is 2.33 bits per heavy atom. The molecule has 0 radical (unpaired) electrons. The lowest BCUT2D eigenvalue weighted by Crippen LogP contribution is -2.34. The van der Waals surface area contributed by atoms with Gasteiger partial charge in [0.1, 0.15) is 11.6 Å². The molecule has 2 unspecified atom stereocenters. The predicted octanol–water partition coefficient (Wildman–Crippen LogP) is 2.91. The number of benzene rings is 1. The normalized spacial score (nSPS) is 14.5. The zero-order chi connectivity index (χ0) is 13.5. The summed E-state index contributed by atoms with van der Waals surface area (Å²) in [5.41, 5.74) is 0.668. The Morgan fingerprint density at radius 2 is 1.83 bits per heavy atom. The van der Waals surface area contributed by atoms with Crippen LogP contribution < -0.4 is 5.32 Å². The van der Waals surface area contributed by atoms with E-state index < -0.39 is 11.6 Å². The van der Waals surface area contributed by atoms with Gasteiger partial charge in [-0.1, -0.05) is 6.92 Å². The van der Waals surface area contributed by atoms with Gasteiger partial charge in [0.15, 0.2) is 0 Å². The third kappa shape index (κ3) is 5.10. The van der Waals surface area contributed by atoms with E-state index in [1.54, 1.807) is 7.11 Å². The molecule has 0 saturated carbocycles. The highest BCUT2D eigenvalue weighted by Crippen LogP contribution is 2.13. The van der Waals surface area contributed by atoms with Crippen molar-refractivity contribution in [2.24, 2.45) is 0 Å². The van der Waals surface area contributed by atoms with Gasteiger partial charge < -0.3 is 10.1 Å². The fourth-order valence-electron chi connectivity index (χ4n) is 2.04. The van der Waals surface area contributed by atoms with Crippen LogP contribution in [-0.2, 0) is 11.2 Å². The Labute approximate surface area is 107 Å². The molecule has 0 aromatic heterocycles. The van der Waals surface area contributed by atoms with E-state index in [9.17, 15) is 8.78 Å². The number of ether oxygens (including phenoxy) is 1. The molecule has 2 atom stereocenters. The van der Waals surface area contributed by atoms with Crippen LogP contribution in [0.25, 0.3) is 0 Å². The van der Waals surface area contributed by atoms with Gasteiger partial charge >= 0.3 is 0 Å². The zero-order valence-electron chi connectivity index (χ0n) is 11.2. The van der Waals surface area contributed by atoms with Crippen molar-refractivity contribution in [3.8, 4) is 0 Å². The maximum atomic E-state index is 13.1. The lowest BCUT2D eigenvalue weighted by molar-refractivity contribution is 0.101. The number of likely N-dealkylation sites (N-methyl/N-ethyl adjacent to an activating group) is 1. The summed E-state index contributed by atoms with van der Waals surface area (Å²) < 4.78 is 31.4. The minimum absolute atomic E-state index is 0.118. The van der Waals surface area contributed by atoms with Crippen LogP contribution in [0.5, 0.6) is 0 Å². The number of methoxy groups -OCH3 is 1. The van der Waals surface area contributed by atoms with Crippen LogP contribution in [0.1, 0.15) is 25.8 Å². The van der Waals surface area contributed by atoms with Crippen molar-refractivity contribution in [2.75, 3.05) is 13.7 Å². The van der Waals surface area contributed by atoms with Crippen LogP contribution in [0.3, 0.4) is 0 Å². The van der Waals surface area contributed by atoms with Crippen LogP contribution in [0.4, 0.5) is 8.78 Å². The van der Waals surface area contributed by atoms with Crippen molar-refractivity contribution >= 4 is 0 Å². The summed E-state index contributed by atoms with van der Waals surface area (Å²) in [4.78, 5) is 0. The number of hydrogen-bond acceptors (Lipinski definition) is 2. The summed E-state index contributed by atoms with van der Waals surface area (Å²) >= 11 is 0. The quantitative estimate of drug-likeness (QED) is 0.811. The molecule has 0 amide bonds. The molecule has 0 aliphatic heterocycles. The van der Waals surface area contributed by atoms with Gasteiger partial charge in [0.25, 0.3) is 0 Å². The van der Waals surface area contributed by atoms with Crippen molar-refractivity contribution < 1.29 is 13.5 Å². The molecular formula is C14H21F2NO. The van der Waals surface area contributed by atoms with E-state index in [0.717, 1.165) is 19.0 Å². The van der Waals surface area contributed by atoms with Crippen molar-refractivity contribution in [1.82, 2.24) is 5.32 Å². The molecule has 1 aromatic rings. The van der Waals surface area contributed by atoms with Gasteiger partial charge in [-0.3, -0.25) is 0 Å². The molecule has 0 bridgehead atoms. The number of hydrogen-bond donors (Lipinski definition) is 1. The molecule has 0 aliphatic rings. The molecule has 0 aliphatic carbocycles. The average molecular weight is 257 g/mol. The summed E-state index contributed by atoms with van der Waals surface area (Å²) in [6.07, 6.45) is 1.52. The molecule has 0 heterocycles. The fraction of sp³-hybridized carbons (Fsp3) is 0.571. The Morgan fingerprint density at radius 1 is 1.22 bits per heavy atom. The van der Waals surface area contributed by atoms with E-state index >= 15 is 0 Å². The lowest BCUT2D eigenvalue weighted by atomic mass is 10.0. The molecule has 0 spiro atoms. The molecule has 18 heavy (non-hydrogen) atoms. The third-order valence-electron chi connectivity index (χ3n) is 2.92. The maximum Gasteiger partial charge on any atom is 0.126 e. The monoisotopic (exact) mass is 257 g/mol. The highest BCUT2D eigenvalue weighted by Gasteiger charge is 2.13. The molecule has 4 heteroatoms. The SMILES string of the molecule is CCNC(Cc1cc(F)cc(F)c1)CC(C)OC. The minimum Gasteiger partial charge on any atom is -0.382 e. The minimum atomic E-state index is -0.528. The molecule has 0 fully saturated rings. The summed E-state index contributed by atoms with van der Waals surface area (Å²) in [5.74, 6) is -1.06. The number of halogens is 2. The summed E-state index contributed by atoms with van der Waals surface area (Å²) in [7, 11) is 1.66. The lowest BCUT2D eigenvalue weighted by Gasteiger charge is -2.21. The summed E-state index contributed by atoms with van der Waals surface area (Å²) in [6, 6.07) is 3.81. The van der Waals surface area contributed by atoms with Gasteiger partial charge in [-0.05, 0) is 44.0 Å². The van der Waals surface area contributed by atoms with E-state index in [2.05, 4.69) is 5.32 Å². The van der Waals surface area contributed by atoms with E-state index in [0.29, 0.717) is 12.0 Å².